The van der Waals surface area contributed by atoms with Crippen molar-refractivity contribution in [3.05, 3.63) is 95.0 Å². The molecule has 0 atom stereocenters. The van der Waals surface area contributed by atoms with Gasteiger partial charge in [-0.3, -0.25) is 4.31 Å². The van der Waals surface area contributed by atoms with Gasteiger partial charge in [0.05, 0.1) is 17.1 Å². The Morgan fingerprint density at radius 2 is 1.44 bits per heavy atom. The van der Waals surface area contributed by atoms with Crippen molar-refractivity contribution in [2.75, 3.05) is 4.31 Å². The highest BCUT2D eigenvalue weighted by molar-refractivity contribution is 7.92. The molecule has 25 heavy (non-hydrogen) atoms. The summed E-state index contributed by atoms with van der Waals surface area (Å²) in [6.07, 6.45) is 0. The lowest BCUT2D eigenvalue weighted by atomic mass is 10.2. The Hall–Kier alpha value is -2.30. The van der Waals surface area contributed by atoms with Crippen LogP contribution in [0, 0.1) is 6.92 Å². The molecule has 0 N–H and O–H groups in total. The van der Waals surface area contributed by atoms with E-state index in [-0.39, 0.29) is 6.54 Å². The highest BCUT2D eigenvalue weighted by Gasteiger charge is 2.26. The lowest BCUT2D eigenvalue weighted by molar-refractivity contribution is 0.590. The molecule has 0 bridgehead atoms. The van der Waals surface area contributed by atoms with Crippen LogP contribution in [0.3, 0.4) is 0 Å². The Morgan fingerprint density at radius 1 is 0.840 bits per heavy atom. The second-order valence-electron chi connectivity index (χ2n) is 5.74. The third kappa shape index (κ3) is 3.86. The normalized spacial score (nSPS) is 11.3. The SMILES string of the molecule is Cc1ccccc1S(=O)(=O)N(Cc1ccc(Cl)cc1)c1ccccc1. The highest BCUT2D eigenvalue weighted by atomic mass is 35.5. The van der Waals surface area contributed by atoms with Crippen molar-refractivity contribution >= 4 is 27.3 Å². The molecule has 0 aliphatic rings. The van der Waals surface area contributed by atoms with E-state index in [0.717, 1.165) is 11.1 Å². The minimum absolute atomic E-state index is 0.234. The summed E-state index contributed by atoms with van der Waals surface area (Å²) < 4.78 is 28.1. The molecule has 0 unspecified atom stereocenters. The van der Waals surface area contributed by atoms with E-state index in [1.165, 1.54) is 4.31 Å². The van der Waals surface area contributed by atoms with E-state index in [1.807, 2.05) is 36.4 Å². The third-order valence-corrected chi connectivity index (χ3v) is 6.13. The minimum Gasteiger partial charge on any atom is -0.262 e. The van der Waals surface area contributed by atoms with Crippen LogP contribution in [0.4, 0.5) is 5.69 Å². The number of sulfonamides is 1. The van der Waals surface area contributed by atoms with Gasteiger partial charge in [-0.15, -0.1) is 0 Å². The van der Waals surface area contributed by atoms with Crippen LogP contribution in [0.25, 0.3) is 0 Å². The number of hydrogen-bond donors (Lipinski definition) is 0. The second-order valence-corrected chi connectivity index (χ2v) is 8.01. The van der Waals surface area contributed by atoms with E-state index in [0.29, 0.717) is 15.6 Å². The largest absolute Gasteiger partial charge is 0.264 e. The van der Waals surface area contributed by atoms with Crippen molar-refractivity contribution in [2.24, 2.45) is 0 Å². The van der Waals surface area contributed by atoms with Crippen molar-refractivity contribution in [3.8, 4) is 0 Å². The fourth-order valence-corrected chi connectivity index (χ4v) is 4.44. The summed E-state index contributed by atoms with van der Waals surface area (Å²) in [7, 11) is -3.69. The van der Waals surface area contributed by atoms with Gasteiger partial charge in [0.2, 0.25) is 0 Å². The first kappa shape index (κ1) is 17.5. The number of anilines is 1. The molecular weight excluding hydrogens is 354 g/mol. The van der Waals surface area contributed by atoms with E-state index in [2.05, 4.69) is 0 Å². The zero-order valence-corrected chi connectivity index (χ0v) is 15.3. The molecule has 0 aliphatic heterocycles. The maximum Gasteiger partial charge on any atom is 0.264 e. The molecule has 3 rings (SSSR count). The van der Waals surface area contributed by atoms with Gasteiger partial charge in [-0.25, -0.2) is 8.42 Å². The third-order valence-electron chi connectivity index (χ3n) is 3.95. The Kier molecular flexibility index (Phi) is 5.11. The van der Waals surface area contributed by atoms with Crippen LogP contribution < -0.4 is 4.31 Å². The maximum absolute atomic E-state index is 13.3. The van der Waals surface area contributed by atoms with Crippen molar-refractivity contribution in [3.63, 3.8) is 0 Å². The van der Waals surface area contributed by atoms with Crippen LogP contribution in [-0.4, -0.2) is 8.42 Å². The van der Waals surface area contributed by atoms with Crippen molar-refractivity contribution in [1.82, 2.24) is 0 Å². The van der Waals surface area contributed by atoms with E-state index in [9.17, 15) is 8.42 Å². The molecule has 0 aromatic heterocycles. The van der Waals surface area contributed by atoms with Crippen molar-refractivity contribution < 1.29 is 8.42 Å². The first-order valence-electron chi connectivity index (χ1n) is 7.86. The van der Waals surface area contributed by atoms with Crippen LogP contribution in [0.2, 0.25) is 5.02 Å². The zero-order chi connectivity index (χ0) is 17.9. The Labute approximate surface area is 153 Å². The molecule has 0 heterocycles. The summed E-state index contributed by atoms with van der Waals surface area (Å²) in [6.45, 7) is 2.04. The van der Waals surface area contributed by atoms with Gasteiger partial charge in [-0.05, 0) is 48.4 Å². The number of hydrogen-bond acceptors (Lipinski definition) is 2. The van der Waals surface area contributed by atoms with Crippen LogP contribution in [0.15, 0.2) is 83.8 Å². The van der Waals surface area contributed by atoms with E-state index in [4.69, 9.17) is 11.6 Å². The number of aryl methyl sites for hydroxylation is 1. The van der Waals surface area contributed by atoms with Gasteiger partial charge in [0.25, 0.3) is 10.0 Å². The average Bonchev–Trinajstić information content (AvgIpc) is 2.62. The van der Waals surface area contributed by atoms with Crippen LogP contribution in [-0.2, 0) is 16.6 Å². The molecule has 3 aromatic rings. The summed E-state index contributed by atoms with van der Waals surface area (Å²) in [6, 6.07) is 23.3. The van der Waals surface area contributed by atoms with Crippen LogP contribution in [0.1, 0.15) is 11.1 Å². The lowest BCUT2D eigenvalue weighted by Gasteiger charge is -2.25. The zero-order valence-electron chi connectivity index (χ0n) is 13.8. The van der Waals surface area contributed by atoms with Gasteiger partial charge in [0, 0.05) is 5.02 Å². The quantitative estimate of drug-likeness (QED) is 0.629. The molecule has 0 saturated carbocycles. The van der Waals surface area contributed by atoms with E-state index in [1.54, 1.807) is 49.4 Å². The van der Waals surface area contributed by atoms with Gasteiger partial charge in [-0.2, -0.15) is 0 Å². The molecule has 3 nitrogen and oxygen atoms in total. The minimum atomic E-state index is -3.69. The number of para-hydroxylation sites is 1. The summed E-state index contributed by atoms with van der Waals surface area (Å²) in [5.41, 5.74) is 2.21. The van der Waals surface area contributed by atoms with Crippen molar-refractivity contribution in [1.29, 1.82) is 0 Å². The first-order chi connectivity index (χ1) is 12.0. The van der Waals surface area contributed by atoms with Crippen LogP contribution in [0.5, 0.6) is 0 Å². The predicted octanol–water partition coefficient (Wildman–Crippen LogP) is 5.04. The predicted molar refractivity (Wildman–Crippen MR) is 102 cm³/mol. The summed E-state index contributed by atoms with van der Waals surface area (Å²) >= 11 is 5.94. The second kappa shape index (κ2) is 7.30. The van der Waals surface area contributed by atoms with Gasteiger partial charge in [0.1, 0.15) is 0 Å². The molecular formula is C20H18ClNO2S. The van der Waals surface area contributed by atoms with Gasteiger partial charge < -0.3 is 0 Å². The Balaban J connectivity index is 2.08. The number of benzene rings is 3. The molecule has 0 aliphatic carbocycles. The summed E-state index contributed by atoms with van der Waals surface area (Å²) in [5, 5.41) is 0.622. The van der Waals surface area contributed by atoms with Crippen molar-refractivity contribution in [2.45, 2.75) is 18.4 Å². The number of halogens is 1. The fraction of sp³-hybridized carbons (Fsp3) is 0.100. The molecule has 0 amide bonds. The standard InChI is InChI=1S/C20H18ClNO2S/c1-16-7-5-6-10-20(16)25(23,24)22(19-8-3-2-4-9-19)15-17-11-13-18(21)14-12-17/h2-14H,15H2,1H3. The Bertz CT molecular complexity index is 955. The molecule has 0 spiro atoms. The summed E-state index contributed by atoms with van der Waals surface area (Å²) in [5.74, 6) is 0. The van der Waals surface area contributed by atoms with Gasteiger partial charge in [0.15, 0.2) is 0 Å². The lowest BCUT2D eigenvalue weighted by Crippen LogP contribution is -2.31. The molecule has 0 radical (unpaired) electrons. The molecule has 5 heteroatoms. The highest BCUT2D eigenvalue weighted by Crippen LogP contribution is 2.27. The average molecular weight is 372 g/mol. The van der Waals surface area contributed by atoms with Gasteiger partial charge >= 0.3 is 0 Å². The number of rotatable bonds is 5. The van der Waals surface area contributed by atoms with E-state index >= 15 is 0 Å². The molecule has 0 fully saturated rings. The monoisotopic (exact) mass is 371 g/mol. The molecule has 128 valence electrons. The Morgan fingerprint density at radius 3 is 2.08 bits per heavy atom. The first-order valence-corrected chi connectivity index (χ1v) is 9.68. The molecule has 3 aromatic carbocycles. The number of nitrogens with zero attached hydrogens (tertiary/aromatic N) is 1. The maximum atomic E-state index is 13.3. The fourth-order valence-electron chi connectivity index (χ4n) is 2.63. The molecule has 0 saturated heterocycles. The van der Waals surface area contributed by atoms with E-state index < -0.39 is 10.0 Å². The van der Waals surface area contributed by atoms with Gasteiger partial charge in [-0.1, -0.05) is 60.1 Å². The topological polar surface area (TPSA) is 37.4 Å². The van der Waals surface area contributed by atoms with Crippen LogP contribution >= 0.6 is 11.6 Å². The summed E-state index contributed by atoms with van der Waals surface area (Å²) in [4.78, 5) is 0.313. The smallest absolute Gasteiger partial charge is 0.262 e.